The molecule has 0 aliphatic heterocycles. The van der Waals surface area contributed by atoms with Gasteiger partial charge in [-0.3, -0.25) is 4.79 Å². The number of carbonyl (C=O) groups excluding carboxylic acids is 1. The van der Waals surface area contributed by atoms with Crippen molar-refractivity contribution in [1.82, 2.24) is 5.32 Å². The first-order chi connectivity index (χ1) is 8.04. The molecule has 1 atom stereocenters. The van der Waals surface area contributed by atoms with Crippen molar-refractivity contribution in [2.45, 2.75) is 11.8 Å². The number of carbonyl (C=O) groups is 1. The van der Waals surface area contributed by atoms with Gasteiger partial charge in [0.15, 0.2) is 0 Å². The number of alkyl halides is 1. The molecule has 1 aromatic carbocycles. The number of nitrogens with one attached hydrogen (secondary N) is 1. The van der Waals surface area contributed by atoms with Gasteiger partial charge in [-0.2, -0.15) is 0 Å². The van der Waals surface area contributed by atoms with Gasteiger partial charge < -0.3 is 10.1 Å². The molecule has 0 saturated carbocycles. The topological polar surface area (TPSA) is 38.3 Å². The Morgan fingerprint density at radius 1 is 1.53 bits per heavy atom. The number of rotatable bonds is 5. The number of methoxy groups -OCH3 is 1. The van der Waals surface area contributed by atoms with Crippen LogP contribution in [0.4, 0.5) is 0 Å². The second kappa shape index (κ2) is 7.13. The highest BCUT2D eigenvalue weighted by Crippen LogP contribution is 2.17. The van der Waals surface area contributed by atoms with Gasteiger partial charge in [-0.15, -0.1) is 0 Å². The van der Waals surface area contributed by atoms with Crippen molar-refractivity contribution in [3.05, 3.63) is 33.8 Å². The molecule has 0 aromatic heterocycles. The minimum Gasteiger partial charge on any atom is -0.383 e. The van der Waals surface area contributed by atoms with Crippen LogP contribution in [0.3, 0.4) is 0 Å². The second-order valence-electron chi connectivity index (χ2n) is 3.73. The lowest BCUT2D eigenvalue weighted by Gasteiger charge is -2.10. The zero-order valence-corrected chi connectivity index (χ0v) is 13.0. The molecule has 0 fully saturated rings. The van der Waals surface area contributed by atoms with E-state index < -0.39 is 0 Å². The van der Waals surface area contributed by atoms with Crippen LogP contribution in [0.2, 0.25) is 0 Å². The van der Waals surface area contributed by atoms with Gasteiger partial charge in [-0.25, -0.2) is 0 Å². The molecule has 0 saturated heterocycles. The predicted molar refractivity (Wildman–Crippen MR) is 75.8 cm³/mol. The van der Waals surface area contributed by atoms with E-state index in [-0.39, 0.29) is 10.7 Å². The van der Waals surface area contributed by atoms with Crippen LogP contribution in [0.15, 0.2) is 22.7 Å². The maximum Gasteiger partial charge on any atom is 0.251 e. The van der Waals surface area contributed by atoms with E-state index in [1.807, 2.05) is 19.1 Å². The fourth-order valence-corrected chi connectivity index (χ4v) is 2.00. The summed E-state index contributed by atoms with van der Waals surface area (Å²) >= 11 is 6.82. The number of hydrogen-bond donors (Lipinski definition) is 1. The van der Waals surface area contributed by atoms with Gasteiger partial charge in [0.2, 0.25) is 0 Å². The molecule has 1 amide bonds. The molecule has 0 aliphatic rings. The second-order valence-corrected chi connectivity index (χ2v) is 5.88. The molecule has 94 valence electrons. The van der Waals surface area contributed by atoms with Crippen LogP contribution in [0, 0.1) is 6.92 Å². The third kappa shape index (κ3) is 4.77. The summed E-state index contributed by atoms with van der Waals surface area (Å²) in [6, 6.07) is 5.54. The summed E-state index contributed by atoms with van der Waals surface area (Å²) in [6.07, 6.45) is 0. The van der Waals surface area contributed by atoms with Crippen LogP contribution in [0.25, 0.3) is 0 Å². The minimum absolute atomic E-state index is 0.0684. The zero-order valence-electron chi connectivity index (χ0n) is 9.80. The van der Waals surface area contributed by atoms with Gasteiger partial charge in [-0.1, -0.05) is 31.9 Å². The van der Waals surface area contributed by atoms with Crippen molar-refractivity contribution < 1.29 is 9.53 Å². The lowest BCUT2D eigenvalue weighted by molar-refractivity contribution is 0.0950. The molecule has 0 heterocycles. The Hall–Kier alpha value is -0.390. The Kier molecular flexibility index (Phi) is 6.16. The molecule has 17 heavy (non-hydrogen) atoms. The Morgan fingerprint density at radius 2 is 2.24 bits per heavy atom. The van der Waals surface area contributed by atoms with Crippen LogP contribution in [-0.4, -0.2) is 31.0 Å². The minimum atomic E-state index is -0.0684. The first-order valence-corrected chi connectivity index (χ1v) is 6.93. The number of ether oxygens (including phenoxy) is 1. The molecule has 1 rings (SSSR count). The molecule has 1 unspecified atom stereocenters. The van der Waals surface area contributed by atoms with E-state index in [9.17, 15) is 4.79 Å². The summed E-state index contributed by atoms with van der Waals surface area (Å²) < 4.78 is 5.98. The lowest BCUT2D eigenvalue weighted by Crippen LogP contribution is -2.31. The number of benzene rings is 1. The van der Waals surface area contributed by atoms with Crippen molar-refractivity contribution in [2.24, 2.45) is 0 Å². The molecular formula is C12H15Br2NO2. The Balaban J connectivity index is 2.55. The first kappa shape index (κ1) is 14.7. The van der Waals surface area contributed by atoms with Gasteiger partial charge in [0.05, 0.1) is 11.4 Å². The smallest absolute Gasteiger partial charge is 0.251 e. The number of hydrogen-bond acceptors (Lipinski definition) is 2. The van der Waals surface area contributed by atoms with E-state index in [0.29, 0.717) is 18.7 Å². The first-order valence-electron chi connectivity index (χ1n) is 5.22. The van der Waals surface area contributed by atoms with Crippen LogP contribution in [0.1, 0.15) is 15.9 Å². The van der Waals surface area contributed by atoms with Gasteiger partial charge in [0, 0.05) is 23.7 Å². The summed E-state index contributed by atoms with van der Waals surface area (Å²) in [5, 5.41) is 2.85. The van der Waals surface area contributed by atoms with E-state index in [0.717, 1.165) is 10.0 Å². The largest absolute Gasteiger partial charge is 0.383 e. The molecule has 3 nitrogen and oxygen atoms in total. The molecule has 0 bridgehead atoms. The van der Waals surface area contributed by atoms with Gasteiger partial charge in [-0.05, 0) is 30.7 Å². The summed E-state index contributed by atoms with van der Waals surface area (Å²) in [6.45, 7) is 3.07. The maximum atomic E-state index is 11.8. The highest BCUT2D eigenvalue weighted by Gasteiger charge is 2.09. The normalized spacial score (nSPS) is 12.2. The molecule has 0 aliphatic carbocycles. The molecule has 0 radical (unpaired) electrons. The average molecular weight is 365 g/mol. The van der Waals surface area contributed by atoms with Crippen LogP contribution in [-0.2, 0) is 4.74 Å². The Labute approximate surface area is 118 Å². The van der Waals surface area contributed by atoms with Crippen molar-refractivity contribution in [3.63, 3.8) is 0 Å². The van der Waals surface area contributed by atoms with Gasteiger partial charge in [0.1, 0.15) is 0 Å². The lowest BCUT2D eigenvalue weighted by atomic mass is 10.1. The predicted octanol–water partition coefficient (Wildman–Crippen LogP) is 2.90. The van der Waals surface area contributed by atoms with Crippen molar-refractivity contribution in [2.75, 3.05) is 20.3 Å². The molecule has 0 spiro atoms. The van der Waals surface area contributed by atoms with Gasteiger partial charge in [0.25, 0.3) is 5.91 Å². The van der Waals surface area contributed by atoms with Crippen LogP contribution in [0.5, 0.6) is 0 Å². The maximum absolute atomic E-state index is 11.8. The third-order valence-electron chi connectivity index (χ3n) is 2.25. The SMILES string of the molecule is COCC(Br)CNC(=O)c1ccc(Br)c(C)c1. The van der Waals surface area contributed by atoms with E-state index in [2.05, 4.69) is 37.2 Å². The highest BCUT2D eigenvalue weighted by atomic mass is 79.9. The average Bonchev–Trinajstić information content (AvgIpc) is 2.30. The van der Waals surface area contributed by atoms with E-state index in [1.165, 1.54) is 0 Å². The monoisotopic (exact) mass is 363 g/mol. The van der Waals surface area contributed by atoms with Crippen molar-refractivity contribution >= 4 is 37.8 Å². The summed E-state index contributed by atoms with van der Waals surface area (Å²) in [4.78, 5) is 12.0. The standard InChI is InChI=1S/C12H15Br2NO2/c1-8-5-9(3-4-11(8)14)12(16)15-6-10(13)7-17-2/h3-5,10H,6-7H2,1-2H3,(H,15,16). The molecular weight excluding hydrogens is 350 g/mol. The summed E-state index contributed by atoms with van der Waals surface area (Å²) in [5.41, 5.74) is 1.72. The van der Waals surface area contributed by atoms with E-state index in [1.54, 1.807) is 13.2 Å². The Morgan fingerprint density at radius 3 is 2.82 bits per heavy atom. The summed E-state index contributed by atoms with van der Waals surface area (Å²) in [5.74, 6) is -0.0684. The van der Waals surface area contributed by atoms with Crippen LogP contribution < -0.4 is 5.32 Å². The molecule has 1 N–H and O–H groups in total. The number of halogens is 2. The number of aryl methyl sites for hydroxylation is 1. The Bertz CT molecular complexity index is 396. The fraction of sp³-hybridized carbons (Fsp3) is 0.417. The van der Waals surface area contributed by atoms with Crippen LogP contribution >= 0.6 is 31.9 Å². The fourth-order valence-electron chi connectivity index (χ4n) is 1.33. The number of amides is 1. The third-order valence-corrected chi connectivity index (χ3v) is 3.73. The molecule has 5 heteroatoms. The van der Waals surface area contributed by atoms with E-state index in [4.69, 9.17) is 4.74 Å². The highest BCUT2D eigenvalue weighted by molar-refractivity contribution is 9.10. The van der Waals surface area contributed by atoms with Gasteiger partial charge >= 0.3 is 0 Å². The quantitative estimate of drug-likeness (QED) is 0.816. The van der Waals surface area contributed by atoms with E-state index >= 15 is 0 Å². The van der Waals surface area contributed by atoms with Crippen molar-refractivity contribution in [1.29, 1.82) is 0 Å². The summed E-state index contributed by atoms with van der Waals surface area (Å²) in [7, 11) is 1.63. The molecule has 1 aromatic rings. The van der Waals surface area contributed by atoms with Crippen molar-refractivity contribution in [3.8, 4) is 0 Å². The zero-order chi connectivity index (χ0) is 12.8.